The second-order valence-corrected chi connectivity index (χ2v) is 2.68. The summed E-state index contributed by atoms with van der Waals surface area (Å²) in [5.74, 6) is -0.142. The van der Waals surface area contributed by atoms with Crippen LogP contribution < -0.4 is 0 Å². The number of hydrogen-bond donors (Lipinski definition) is 0. The Morgan fingerprint density at radius 3 is 3.00 bits per heavy atom. The van der Waals surface area contributed by atoms with Crippen molar-refractivity contribution < 1.29 is 9.47 Å². The highest BCUT2D eigenvalue weighted by Crippen LogP contribution is 2.35. The molecule has 0 N–H and O–H groups in total. The minimum absolute atomic E-state index is 0.142. The summed E-state index contributed by atoms with van der Waals surface area (Å²) in [6.07, 6.45) is 5.60. The van der Waals surface area contributed by atoms with Crippen LogP contribution in [0.15, 0.2) is 0 Å². The Balaban J connectivity index is 1.92. The zero-order valence-electron chi connectivity index (χ0n) is 5.43. The van der Waals surface area contributed by atoms with Crippen LogP contribution in [-0.4, -0.2) is 19.0 Å². The number of epoxide rings is 1. The minimum Gasteiger partial charge on any atom is -0.348 e. The molecule has 2 aliphatic rings. The molecule has 1 unspecified atom stereocenters. The van der Waals surface area contributed by atoms with Crippen LogP contribution in [0.1, 0.15) is 19.3 Å². The van der Waals surface area contributed by atoms with Gasteiger partial charge in [-0.25, -0.2) is 0 Å². The maximum Gasteiger partial charge on any atom is 0.192 e. The first-order valence-corrected chi connectivity index (χ1v) is 3.51. The van der Waals surface area contributed by atoms with Crippen LogP contribution in [0.4, 0.5) is 0 Å². The summed E-state index contributed by atoms with van der Waals surface area (Å²) in [5.41, 5.74) is 0. The van der Waals surface area contributed by atoms with Gasteiger partial charge in [-0.15, -0.1) is 0 Å². The SMILES string of the molecule is [CH]1CCCOC2(C1)CO2. The third-order valence-corrected chi connectivity index (χ3v) is 1.84. The minimum atomic E-state index is -0.142. The number of rotatable bonds is 0. The largest absolute Gasteiger partial charge is 0.348 e. The van der Waals surface area contributed by atoms with Crippen molar-refractivity contribution in [3.05, 3.63) is 6.42 Å². The van der Waals surface area contributed by atoms with Crippen LogP contribution in [0.5, 0.6) is 0 Å². The Labute approximate surface area is 55.1 Å². The molecule has 0 bridgehead atoms. The molecule has 1 spiro atoms. The van der Waals surface area contributed by atoms with E-state index in [1.54, 1.807) is 0 Å². The molecule has 2 saturated heterocycles. The van der Waals surface area contributed by atoms with E-state index < -0.39 is 0 Å². The molecule has 0 aromatic heterocycles. The summed E-state index contributed by atoms with van der Waals surface area (Å²) in [6, 6.07) is 0. The van der Waals surface area contributed by atoms with Crippen molar-refractivity contribution >= 4 is 0 Å². The number of hydrogen-bond acceptors (Lipinski definition) is 2. The lowest BCUT2D eigenvalue weighted by Gasteiger charge is -2.06. The molecule has 2 heterocycles. The zero-order valence-corrected chi connectivity index (χ0v) is 5.43. The number of ether oxygens (including phenoxy) is 2. The van der Waals surface area contributed by atoms with Gasteiger partial charge < -0.3 is 9.47 Å². The average Bonchev–Trinajstić information content (AvgIpc) is 2.64. The van der Waals surface area contributed by atoms with Crippen LogP contribution in [-0.2, 0) is 9.47 Å². The van der Waals surface area contributed by atoms with E-state index >= 15 is 0 Å². The fourth-order valence-electron chi connectivity index (χ4n) is 1.15. The van der Waals surface area contributed by atoms with Crippen LogP contribution >= 0.6 is 0 Å². The summed E-state index contributed by atoms with van der Waals surface area (Å²) in [7, 11) is 0. The molecule has 2 nitrogen and oxygen atoms in total. The van der Waals surface area contributed by atoms with Gasteiger partial charge in [0.2, 0.25) is 0 Å². The predicted octanol–water partition coefficient (Wildman–Crippen LogP) is 1.12. The maximum atomic E-state index is 5.45. The molecule has 0 aromatic carbocycles. The van der Waals surface area contributed by atoms with Crippen molar-refractivity contribution in [1.29, 1.82) is 0 Å². The molecule has 51 valence electrons. The van der Waals surface area contributed by atoms with Gasteiger partial charge in [0.15, 0.2) is 5.79 Å². The Morgan fingerprint density at radius 1 is 1.33 bits per heavy atom. The molecule has 2 rings (SSSR count). The van der Waals surface area contributed by atoms with Crippen molar-refractivity contribution in [1.82, 2.24) is 0 Å². The highest BCUT2D eigenvalue weighted by atomic mass is 16.8. The van der Waals surface area contributed by atoms with E-state index in [2.05, 4.69) is 6.42 Å². The van der Waals surface area contributed by atoms with E-state index in [0.29, 0.717) is 0 Å². The zero-order chi connectivity index (χ0) is 6.16. The summed E-state index contributed by atoms with van der Waals surface area (Å²) >= 11 is 0. The van der Waals surface area contributed by atoms with Crippen molar-refractivity contribution in [3.8, 4) is 0 Å². The predicted molar refractivity (Wildman–Crippen MR) is 32.8 cm³/mol. The lowest BCUT2D eigenvalue weighted by atomic mass is 10.2. The highest BCUT2D eigenvalue weighted by molar-refractivity contribution is 4.89. The standard InChI is InChI=1S/C7H11O2/c1-2-4-7(6-9-7)8-5-3-1/h2H,1,3-6H2. The molecule has 0 saturated carbocycles. The molecule has 9 heavy (non-hydrogen) atoms. The Morgan fingerprint density at radius 2 is 2.22 bits per heavy atom. The monoisotopic (exact) mass is 127 g/mol. The molecule has 1 atom stereocenters. The first-order chi connectivity index (χ1) is 4.41. The summed E-state index contributed by atoms with van der Waals surface area (Å²) in [4.78, 5) is 0. The molecule has 2 fully saturated rings. The summed E-state index contributed by atoms with van der Waals surface area (Å²) < 4.78 is 10.6. The molecule has 0 aliphatic carbocycles. The lowest BCUT2D eigenvalue weighted by Crippen LogP contribution is -2.13. The summed E-state index contributed by atoms with van der Waals surface area (Å²) in [6.45, 7) is 1.68. The molecule has 1 radical (unpaired) electrons. The van der Waals surface area contributed by atoms with Gasteiger partial charge >= 0.3 is 0 Å². The van der Waals surface area contributed by atoms with Crippen molar-refractivity contribution in [2.24, 2.45) is 0 Å². The molecule has 0 aromatic rings. The van der Waals surface area contributed by atoms with Gasteiger partial charge in [0.1, 0.15) is 6.61 Å². The molecule has 2 aliphatic heterocycles. The van der Waals surface area contributed by atoms with Gasteiger partial charge in [-0.05, 0) is 19.3 Å². The van der Waals surface area contributed by atoms with Crippen LogP contribution in [0, 0.1) is 6.42 Å². The highest BCUT2D eigenvalue weighted by Gasteiger charge is 2.46. The van der Waals surface area contributed by atoms with Gasteiger partial charge in [-0.1, -0.05) is 0 Å². The van der Waals surface area contributed by atoms with Gasteiger partial charge in [0.25, 0.3) is 0 Å². The topological polar surface area (TPSA) is 21.8 Å². The fraction of sp³-hybridized carbons (Fsp3) is 0.857. The van der Waals surface area contributed by atoms with E-state index in [0.717, 1.165) is 26.1 Å². The molecule has 0 amide bonds. The van der Waals surface area contributed by atoms with E-state index in [4.69, 9.17) is 9.47 Å². The van der Waals surface area contributed by atoms with Crippen LogP contribution in [0.25, 0.3) is 0 Å². The fourth-order valence-corrected chi connectivity index (χ4v) is 1.15. The maximum absolute atomic E-state index is 5.45. The Kier molecular flexibility index (Phi) is 1.24. The quantitative estimate of drug-likeness (QED) is 0.455. The lowest BCUT2D eigenvalue weighted by molar-refractivity contribution is -0.0363. The third-order valence-electron chi connectivity index (χ3n) is 1.84. The second kappa shape index (κ2) is 1.96. The molecular weight excluding hydrogens is 116 g/mol. The van der Waals surface area contributed by atoms with Crippen LogP contribution in [0.3, 0.4) is 0 Å². The van der Waals surface area contributed by atoms with Crippen LogP contribution in [0.2, 0.25) is 0 Å². The van der Waals surface area contributed by atoms with E-state index in [9.17, 15) is 0 Å². The van der Waals surface area contributed by atoms with Crippen molar-refractivity contribution in [2.75, 3.05) is 13.2 Å². The van der Waals surface area contributed by atoms with Gasteiger partial charge in [-0.3, -0.25) is 0 Å². The van der Waals surface area contributed by atoms with Gasteiger partial charge in [-0.2, -0.15) is 0 Å². The molecular formula is C7H11O2. The summed E-state index contributed by atoms with van der Waals surface area (Å²) in [5, 5.41) is 0. The van der Waals surface area contributed by atoms with Gasteiger partial charge in [0.05, 0.1) is 6.61 Å². The second-order valence-electron chi connectivity index (χ2n) is 2.68. The first kappa shape index (κ1) is 5.69. The van der Waals surface area contributed by atoms with E-state index in [1.807, 2.05) is 0 Å². The third kappa shape index (κ3) is 1.10. The van der Waals surface area contributed by atoms with Crippen molar-refractivity contribution in [2.45, 2.75) is 25.0 Å². The van der Waals surface area contributed by atoms with Gasteiger partial charge in [0, 0.05) is 6.42 Å². The van der Waals surface area contributed by atoms with E-state index in [1.165, 1.54) is 6.42 Å². The normalized spacial score (nSPS) is 42.7. The van der Waals surface area contributed by atoms with Crippen molar-refractivity contribution in [3.63, 3.8) is 0 Å². The van der Waals surface area contributed by atoms with E-state index in [-0.39, 0.29) is 5.79 Å². The smallest absolute Gasteiger partial charge is 0.192 e. The average molecular weight is 127 g/mol. The first-order valence-electron chi connectivity index (χ1n) is 3.51. The molecule has 2 heteroatoms. The Bertz CT molecular complexity index is 97.5. The Hall–Kier alpha value is -0.0800.